The van der Waals surface area contributed by atoms with E-state index in [0.717, 1.165) is 18.9 Å². The van der Waals surface area contributed by atoms with Crippen LogP contribution in [0.3, 0.4) is 0 Å². The number of hydrogen-bond acceptors (Lipinski definition) is 2. The molecule has 13 heavy (non-hydrogen) atoms. The van der Waals surface area contributed by atoms with Gasteiger partial charge in [-0.1, -0.05) is 13.8 Å². The summed E-state index contributed by atoms with van der Waals surface area (Å²) in [6, 6.07) is 0.148. The summed E-state index contributed by atoms with van der Waals surface area (Å²) in [6.45, 7) is 11.3. The van der Waals surface area contributed by atoms with E-state index in [2.05, 4.69) is 27.7 Å². The Morgan fingerprint density at radius 1 is 1.23 bits per heavy atom. The van der Waals surface area contributed by atoms with Crippen molar-refractivity contribution in [1.82, 2.24) is 0 Å². The first-order valence-electron chi connectivity index (χ1n) is 5.29. The van der Waals surface area contributed by atoms with E-state index in [-0.39, 0.29) is 11.6 Å². The molecule has 0 rings (SSSR count). The molecule has 0 saturated carbocycles. The fraction of sp³-hybridized carbons (Fsp3) is 1.00. The number of nitrogens with two attached hydrogens (primary N) is 1. The summed E-state index contributed by atoms with van der Waals surface area (Å²) in [5.74, 6) is 0.725. The van der Waals surface area contributed by atoms with Crippen LogP contribution in [0.4, 0.5) is 0 Å². The maximum absolute atomic E-state index is 6.06. The third-order valence-electron chi connectivity index (χ3n) is 2.46. The lowest BCUT2D eigenvalue weighted by Gasteiger charge is -2.31. The zero-order valence-electron chi connectivity index (χ0n) is 9.76. The molecule has 0 fully saturated rings. The monoisotopic (exact) mass is 187 g/mol. The minimum atomic E-state index is -0.177. The van der Waals surface area contributed by atoms with E-state index in [4.69, 9.17) is 10.5 Å². The van der Waals surface area contributed by atoms with Crippen LogP contribution < -0.4 is 5.73 Å². The second kappa shape index (κ2) is 5.61. The number of rotatable bonds is 6. The molecule has 0 saturated heterocycles. The van der Waals surface area contributed by atoms with Crippen LogP contribution in [0.5, 0.6) is 0 Å². The summed E-state index contributed by atoms with van der Waals surface area (Å²) in [6.07, 6.45) is 2.22. The van der Waals surface area contributed by atoms with E-state index in [1.165, 1.54) is 6.42 Å². The van der Waals surface area contributed by atoms with Crippen LogP contribution in [0.25, 0.3) is 0 Å². The predicted octanol–water partition coefficient (Wildman–Crippen LogP) is 2.57. The van der Waals surface area contributed by atoms with Gasteiger partial charge in [0.25, 0.3) is 0 Å². The van der Waals surface area contributed by atoms with Crippen LogP contribution in [0, 0.1) is 5.92 Å². The lowest BCUT2D eigenvalue weighted by Crippen LogP contribution is -2.45. The summed E-state index contributed by atoms with van der Waals surface area (Å²) in [7, 11) is 0. The molecule has 2 heteroatoms. The predicted molar refractivity (Wildman–Crippen MR) is 57.8 cm³/mol. The highest BCUT2D eigenvalue weighted by Crippen LogP contribution is 2.18. The molecule has 0 aliphatic rings. The molecule has 0 radical (unpaired) electrons. The molecular weight excluding hydrogens is 162 g/mol. The summed E-state index contributed by atoms with van der Waals surface area (Å²) < 4.78 is 5.60. The van der Waals surface area contributed by atoms with Crippen LogP contribution >= 0.6 is 0 Å². The number of hydrogen-bond donors (Lipinski definition) is 1. The molecule has 0 heterocycles. The lowest BCUT2D eigenvalue weighted by molar-refractivity contribution is -0.0316. The molecule has 0 bridgehead atoms. The molecule has 1 unspecified atom stereocenters. The van der Waals surface area contributed by atoms with E-state index >= 15 is 0 Å². The van der Waals surface area contributed by atoms with E-state index in [1.54, 1.807) is 0 Å². The highest BCUT2D eigenvalue weighted by molar-refractivity contribution is 4.82. The first-order chi connectivity index (χ1) is 5.90. The molecule has 0 aliphatic heterocycles. The quantitative estimate of drug-likeness (QED) is 0.693. The SMILES string of the molecule is CCOC(C)(C)C(N)CCC(C)C. The van der Waals surface area contributed by atoms with Crippen molar-refractivity contribution in [1.29, 1.82) is 0 Å². The topological polar surface area (TPSA) is 35.2 Å². The smallest absolute Gasteiger partial charge is 0.0776 e. The maximum atomic E-state index is 6.06. The Labute approximate surface area is 82.8 Å². The Hall–Kier alpha value is -0.0800. The largest absolute Gasteiger partial charge is 0.374 e. The zero-order chi connectivity index (χ0) is 10.5. The fourth-order valence-corrected chi connectivity index (χ4v) is 1.34. The average Bonchev–Trinajstić information content (AvgIpc) is 1.99. The highest BCUT2D eigenvalue weighted by Gasteiger charge is 2.26. The van der Waals surface area contributed by atoms with Crippen LogP contribution in [0.15, 0.2) is 0 Å². The first kappa shape index (κ1) is 12.9. The average molecular weight is 187 g/mol. The second-order valence-corrected chi connectivity index (χ2v) is 4.61. The van der Waals surface area contributed by atoms with Crippen molar-refractivity contribution in [2.24, 2.45) is 11.7 Å². The van der Waals surface area contributed by atoms with Crippen molar-refractivity contribution >= 4 is 0 Å². The molecule has 0 aliphatic carbocycles. The summed E-state index contributed by atoms with van der Waals surface area (Å²) in [5, 5.41) is 0. The minimum Gasteiger partial charge on any atom is -0.374 e. The highest BCUT2D eigenvalue weighted by atomic mass is 16.5. The fourth-order valence-electron chi connectivity index (χ4n) is 1.34. The van der Waals surface area contributed by atoms with Gasteiger partial charge in [-0.2, -0.15) is 0 Å². The van der Waals surface area contributed by atoms with Gasteiger partial charge in [0.05, 0.1) is 5.60 Å². The van der Waals surface area contributed by atoms with E-state index in [0.29, 0.717) is 0 Å². The molecule has 2 N–H and O–H groups in total. The summed E-state index contributed by atoms with van der Waals surface area (Å²) >= 11 is 0. The Morgan fingerprint density at radius 3 is 2.15 bits per heavy atom. The van der Waals surface area contributed by atoms with Gasteiger partial charge in [0, 0.05) is 12.6 Å². The Bertz CT molecular complexity index is 132. The van der Waals surface area contributed by atoms with Gasteiger partial charge >= 0.3 is 0 Å². The molecule has 80 valence electrons. The van der Waals surface area contributed by atoms with Gasteiger partial charge in [-0.05, 0) is 39.5 Å². The van der Waals surface area contributed by atoms with Gasteiger partial charge in [0.2, 0.25) is 0 Å². The van der Waals surface area contributed by atoms with Crippen LogP contribution in [0.2, 0.25) is 0 Å². The molecular formula is C11H25NO. The Morgan fingerprint density at radius 2 is 1.77 bits per heavy atom. The van der Waals surface area contributed by atoms with Crippen LogP contribution in [-0.2, 0) is 4.74 Å². The molecule has 2 nitrogen and oxygen atoms in total. The van der Waals surface area contributed by atoms with Gasteiger partial charge in [0.15, 0.2) is 0 Å². The second-order valence-electron chi connectivity index (χ2n) is 4.61. The molecule has 0 spiro atoms. The molecule has 1 atom stereocenters. The van der Waals surface area contributed by atoms with Crippen LogP contribution in [-0.4, -0.2) is 18.2 Å². The third-order valence-corrected chi connectivity index (χ3v) is 2.46. The van der Waals surface area contributed by atoms with Crippen molar-refractivity contribution in [3.8, 4) is 0 Å². The van der Waals surface area contributed by atoms with E-state index in [1.807, 2.05) is 6.92 Å². The van der Waals surface area contributed by atoms with Crippen LogP contribution in [0.1, 0.15) is 47.5 Å². The molecule has 0 aromatic rings. The van der Waals surface area contributed by atoms with Crippen molar-refractivity contribution in [3.63, 3.8) is 0 Å². The number of ether oxygens (including phenoxy) is 1. The zero-order valence-corrected chi connectivity index (χ0v) is 9.76. The Kier molecular flexibility index (Phi) is 5.57. The van der Waals surface area contributed by atoms with Crippen molar-refractivity contribution < 1.29 is 4.74 Å². The molecule has 0 aromatic heterocycles. The first-order valence-corrected chi connectivity index (χ1v) is 5.29. The van der Waals surface area contributed by atoms with Gasteiger partial charge in [-0.25, -0.2) is 0 Å². The maximum Gasteiger partial charge on any atom is 0.0776 e. The van der Waals surface area contributed by atoms with Crippen molar-refractivity contribution in [2.75, 3.05) is 6.61 Å². The molecule has 0 amide bonds. The lowest BCUT2D eigenvalue weighted by atomic mass is 9.92. The molecule has 0 aromatic carbocycles. The summed E-state index contributed by atoms with van der Waals surface area (Å²) in [5.41, 5.74) is 5.88. The summed E-state index contributed by atoms with van der Waals surface area (Å²) in [4.78, 5) is 0. The normalized spacial score (nSPS) is 15.0. The van der Waals surface area contributed by atoms with Gasteiger partial charge in [-0.3, -0.25) is 0 Å². The van der Waals surface area contributed by atoms with Crippen molar-refractivity contribution in [2.45, 2.75) is 59.1 Å². The van der Waals surface area contributed by atoms with Gasteiger partial charge in [0.1, 0.15) is 0 Å². The van der Waals surface area contributed by atoms with E-state index in [9.17, 15) is 0 Å². The third kappa shape index (κ3) is 5.27. The standard InChI is InChI=1S/C11H25NO/c1-6-13-11(4,5)10(12)8-7-9(2)3/h9-10H,6-8,12H2,1-5H3. The van der Waals surface area contributed by atoms with E-state index < -0.39 is 0 Å². The van der Waals surface area contributed by atoms with Gasteiger partial charge < -0.3 is 10.5 Å². The van der Waals surface area contributed by atoms with Crippen molar-refractivity contribution in [3.05, 3.63) is 0 Å². The Balaban J connectivity index is 3.86. The minimum absolute atomic E-state index is 0.148. The van der Waals surface area contributed by atoms with Gasteiger partial charge in [-0.15, -0.1) is 0 Å².